The van der Waals surface area contributed by atoms with Crippen LogP contribution in [-0.2, 0) is 16.6 Å². The highest BCUT2D eigenvalue weighted by molar-refractivity contribution is 9.11. The van der Waals surface area contributed by atoms with E-state index in [1.807, 2.05) is 0 Å². The normalized spacial score (nSPS) is 20.6. The molecule has 0 amide bonds. The molecule has 108 valence electrons. The molecule has 0 atom stereocenters. The fourth-order valence-corrected chi connectivity index (χ4v) is 6.57. The van der Waals surface area contributed by atoms with Gasteiger partial charge in [0.15, 0.2) is 0 Å². The molecule has 0 aliphatic carbocycles. The van der Waals surface area contributed by atoms with E-state index >= 15 is 0 Å². The van der Waals surface area contributed by atoms with E-state index in [0.29, 0.717) is 28.3 Å². The number of hydrogen-bond acceptors (Lipinski definition) is 4. The van der Waals surface area contributed by atoms with Crippen molar-refractivity contribution in [2.45, 2.75) is 38.1 Å². The molecule has 0 spiro atoms. The van der Waals surface area contributed by atoms with Crippen LogP contribution in [-0.4, -0.2) is 25.8 Å². The molecule has 1 saturated heterocycles. The number of piperidine rings is 1. The van der Waals surface area contributed by atoms with Gasteiger partial charge in [-0.2, -0.15) is 4.31 Å². The van der Waals surface area contributed by atoms with Crippen LogP contribution in [0.4, 0.5) is 0 Å². The Labute approximate surface area is 127 Å². The summed E-state index contributed by atoms with van der Waals surface area (Å²) in [6.45, 7) is 5.77. The van der Waals surface area contributed by atoms with E-state index in [9.17, 15) is 8.42 Å². The zero-order valence-electron chi connectivity index (χ0n) is 11.1. The summed E-state index contributed by atoms with van der Waals surface area (Å²) in [5.41, 5.74) is 5.62. The highest BCUT2D eigenvalue weighted by Gasteiger charge is 2.35. The van der Waals surface area contributed by atoms with E-state index in [0.717, 1.165) is 17.7 Å². The van der Waals surface area contributed by atoms with Gasteiger partial charge in [-0.25, -0.2) is 8.42 Å². The number of thiophene rings is 1. The van der Waals surface area contributed by atoms with E-state index < -0.39 is 10.0 Å². The smallest absolute Gasteiger partial charge is 0.245 e. The summed E-state index contributed by atoms with van der Waals surface area (Å²) >= 11 is 4.74. The van der Waals surface area contributed by atoms with Gasteiger partial charge in [-0.15, -0.1) is 11.3 Å². The summed E-state index contributed by atoms with van der Waals surface area (Å²) in [4.78, 5) is 1.23. The number of nitrogens with zero attached hydrogens (tertiary/aromatic N) is 1. The third-order valence-corrected chi connectivity index (χ3v) is 7.51. The number of rotatable bonds is 3. The van der Waals surface area contributed by atoms with Crippen LogP contribution in [0.3, 0.4) is 0 Å². The van der Waals surface area contributed by atoms with Gasteiger partial charge in [-0.1, -0.05) is 13.8 Å². The molecule has 1 aromatic rings. The predicted molar refractivity (Wildman–Crippen MR) is 81.7 cm³/mol. The van der Waals surface area contributed by atoms with Gasteiger partial charge in [-0.05, 0) is 40.3 Å². The molecule has 19 heavy (non-hydrogen) atoms. The maximum Gasteiger partial charge on any atom is 0.245 e. The van der Waals surface area contributed by atoms with Gasteiger partial charge in [0.05, 0.1) is 3.79 Å². The lowest BCUT2D eigenvalue weighted by Gasteiger charge is -2.37. The van der Waals surface area contributed by atoms with Crippen LogP contribution in [0.2, 0.25) is 0 Å². The van der Waals surface area contributed by atoms with Crippen molar-refractivity contribution >= 4 is 37.3 Å². The van der Waals surface area contributed by atoms with Crippen LogP contribution in [0.15, 0.2) is 14.7 Å². The average Bonchev–Trinajstić information content (AvgIpc) is 2.70. The lowest BCUT2D eigenvalue weighted by molar-refractivity contribution is 0.187. The van der Waals surface area contributed by atoms with E-state index in [2.05, 4.69) is 29.8 Å². The minimum atomic E-state index is -3.41. The minimum Gasteiger partial charge on any atom is -0.326 e. The number of nitrogens with two attached hydrogens (primary N) is 1. The zero-order chi connectivity index (χ0) is 14.3. The maximum atomic E-state index is 12.7. The lowest BCUT2D eigenvalue weighted by Crippen LogP contribution is -2.43. The molecule has 0 bridgehead atoms. The predicted octanol–water partition coefficient (Wildman–Crippen LogP) is 2.78. The fourth-order valence-electron chi connectivity index (χ4n) is 2.39. The molecule has 1 aliphatic rings. The molecule has 4 nitrogen and oxygen atoms in total. The molecule has 1 aliphatic heterocycles. The van der Waals surface area contributed by atoms with E-state index in [1.165, 1.54) is 11.3 Å². The molecule has 7 heteroatoms. The van der Waals surface area contributed by atoms with Crippen molar-refractivity contribution in [3.8, 4) is 0 Å². The van der Waals surface area contributed by atoms with Crippen molar-refractivity contribution in [1.82, 2.24) is 4.31 Å². The van der Waals surface area contributed by atoms with Crippen molar-refractivity contribution in [3.05, 3.63) is 14.7 Å². The quantitative estimate of drug-likeness (QED) is 0.894. The Morgan fingerprint density at radius 1 is 1.53 bits per heavy atom. The molecule has 0 radical (unpaired) electrons. The Balaban J connectivity index is 2.34. The third kappa shape index (κ3) is 3.21. The topological polar surface area (TPSA) is 63.4 Å². The van der Waals surface area contributed by atoms with Crippen molar-refractivity contribution in [2.24, 2.45) is 11.1 Å². The van der Waals surface area contributed by atoms with Gasteiger partial charge >= 0.3 is 0 Å². The fraction of sp³-hybridized carbons (Fsp3) is 0.667. The number of hydrogen-bond donors (Lipinski definition) is 1. The van der Waals surface area contributed by atoms with Crippen LogP contribution in [0.5, 0.6) is 0 Å². The number of halogens is 1. The monoisotopic (exact) mass is 366 g/mol. The molecular formula is C12H19BrN2O2S2. The van der Waals surface area contributed by atoms with Crippen molar-refractivity contribution < 1.29 is 8.42 Å². The standard InChI is InChI=1S/C12H19BrN2O2S2/c1-12(2)4-3-5-15(8-12)19(16,17)10-6-9(7-14)18-11(10)13/h6H,3-5,7-8,14H2,1-2H3. The molecule has 0 aromatic carbocycles. The highest BCUT2D eigenvalue weighted by atomic mass is 79.9. The molecule has 0 unspecified atom stereocenters. The Morgan fingerprint density at radius 2 is 2.21 bits per heavy atom. The van der Waals surface area contributed by atoms with E-state index in [1.54, 1.807) is 10.4 Å². The van der Waals surface area contributed by atoms with E-state index in [4.69, 9.17) is 5.73 Å². The van der Waals surface area contributed by atoms with Crippen LogP contribution < -0.4 is 5.73 Å². The first-order chi connectivity index (χ1) is 8.76. The summed E-state index contributed by atoms with van der Waals surface area (Å²) in [7, 11) is -3.41. The van der Waals surface area contributed by atoms with Gasteiger partial charge in [0.2, 0.25) is 10.0 Å². The first-order valence-electron chi connectivity index (χ1n) is 6.25. The van der Waals surface area contributed by atoms with Crippen molar-refractivity contribution in [3.63, 3.8) is 0 Å². The average molecular weight is 367 g/mol. The van der Waals surface area contributed by atoms with E-state index in [-0.39, 0.29) is 5.41 Å². The molecule has 1 fully saturated rings. The van der Waals surface area contributed by atoms with Crippen LogP contribution in [0.25, 0.3) is 0 Å². The second kappa shape index (κ2) is 5.44. The SMILES string of the molecule is CC1(C)CCCN(S(=O)(=O)c2cc(CN)sc2Br)C1. The molecule has 2 rings (SSSR count). The summed E-state index contributed by atoms with van der Waals surface area (Å²) in [5, 5.41) is 0. The summed E-state index contributed by atoms with van der Waals surface area (Å²) in [5.74, 6) is 0. The Hall–Kier alpha value is 0.0500. The lowest BCUT2D eigenvalue weighted by atomic mass is 9.85. The zero-order valence-corrected chi connectivity index (χ0v) is 14.4. The number of sulfonamides is 1. The molecule has 2 heterocycles. The second-order valence-electron chi connectivity index (χ2n) is 5.66. The van der Waals surface area contributed by atoms with Crippen molar-refractivity contribution in [1.29, 1.82) is 0 Å². The Bertz CT molecular complexity index is 566. The first kappa shape index (κ1) is 15.4. The summed E-state index contributed by atoms with van der Waals surface area (Å²) < 4.78 is 27.6. The van der Waals surface area contributed by atoms with Crippen LogP contribution in [0.1, 0.15) is 31.6 Å². The summed E-state index contributed by atoms with van der Waals surface area (Å²) in [6, 6.07) is 1.69. The van der Waals surface area contributed by atoms with Crippen LogP contribution in [0, 0.1) is 5.41 Å². The Morgan fingerprint density at radius 3 is 2.74 bits per heavy atom. The molecular weight excluding hydrogens is 348 g/mol. The highest BCUT2D eigenvalue weighted by Crippen LogP contribution is 2.37. The van der Waals surface area contributed by atoms with Crippen molar-refractivity contribution in [2.75, 3.05) is 13.1 Å². The second-order valence-corrected chi connectivity index (χ2v) is 10.0. The van der Waals surface area contributed by atoms with Gasteiger partial charge in [0.1, 0.15) is 4.90 Å². The summed E-state index contributed by atoms with van der Waals surface area (Å²) in [6.07, 6.45) is 1.98. The first-order valence-corrected chi connectivity index (χ1v) is 9.30. The largest absolute Gasteiger partial charge is 0.326 e. The minimum absolute atomic E-state index is 0.0461. The third-order valence-electron chi connectivity index (χ3n) is 3.39. The van der Waals surface area contributed by atoms with Gasteiger partial charge < -0.3 is 5.73 Å². The maximum absolute atomic E-state index is 12.7. The van der Waals surface area contributed by atoms with Gasteiger partial charge in [0.25, 0.3) is 0 Å². The van der Waals surface area contributed by atoms with Gasteiger partial charge in [0, 0.05) is 24.5 Å². The molecule has 1 aromatic heterocycles. The van der Waals surface area contributed by atoms with Gasteiger partial charge in [-0.3, -0.25) is 0 Å². The molecule has 0 saturated carbocycles. The molecule has 2 N–H and O–H groups in total. The Kier molecular flexibility index (Phi) is 4.42. The van der Waals surface area contributed by atoms with Crippen LogP contribution >= 0.6 is 27.3 Å².